The van der Waals surface area contributed by atoms with Crippen LogP contribution in [-0.2, 0) is 20.7 Å². The van der Waals surface area contributed by atoms with Crippen molar-refractivity contribution in [3.05, 3.63) is 38.7 Å². The highest BCUT2D eigenvalue weighted by Crippen LogP contribution is 2.32. The molecular weight excluding hydrogens is 324 g/mol. The molecule has 0 aliphatic heterocycles. The van der Waals surface area contributed by atoms with Crippen LogP contribution in [0.15, 0.2) is 21.3 Å². The molecule has 1 aromatic heterocycles. The van der Waals surface area contributed by atoms with Crippen LogP contribution < -0.4 is 10.4 Å². The van der Waals surface area contributed by atoms with Crippen molar-refractivity contribution in [3.8, 4) is 5.75 Å². The topological polar surface area (TPSA) is 82.8 Å². The Morgan fingerprint density at radius 3 is 2.61 bits per heavy atom. The molecule has 0 atom stereocenters. The van der Waals surface area contributed by atoms with Crippen molar-refractivity contribution < 1.29 is 23.5 Å². The number of rotatable bonds is 5. The number of ether oxygens (including phenoxy) is 2. The van der Waals surface area contributed by atoms with Gasteiger partial charge in [0.05, 0.1) is 24.1 Å². The average Bonchev–Trinajstić information content (AvgIpc) is 2.50. The van der Waals surface area contributed by atoms with Crippen LogP contribution in [0.1, 0.15) is 18.1 Å². The maximum Gasteiger partial charge on any atom is 0.340 e. The summed E-state index contributed by atoms with van der Waals surface area (Å²) in [6.07, 6.45) is -0.180. The summed E-state index contributed by atoms with van der Waals surface area (Å²) < 4.78 is 15.1. The summed E-state index contributed by atoms with van der Waals surface area (Å²) in [6, 6.07) is 3.03. The van der Waals surface area contributed by atoms with Crippen molar-refractivity contribution in [3.63, 3.8) is 0 Å². The molecule has 0 spiro atoms. The predicted octanol–water partition coefficient (Wildman–Crippen LogP) is 2.44. The Morgan fingerprint density at radius 2 is 2.00 bits per heavy atom. The monoisotopic (exact) mass is 338 g/mol. The molecule has 0 unspecified atom stereocenters. The van der Waals surface area contributed by atoms with Gasteiger partial charge in [0.25, 0.3) is 0 Å². The molecule has 2 aromatic rings. The molecule has 0 amide bonds. The van der Waals surface area contributed by atoms with E-state index >= 15 is 0 Å². The normalized spacial score (nSPS) is 10.6. The second kappa shape index (κ2) is 6.83. The first-order chi connectivity index (χ1) is 10.8. The second-order valence-corrected chi connectivity index (χ2v) is 5.42. The molecule has 0 aliphatic rings. The molecule has 23 heavy (non-hydrogen) atoms. The van der Waals surface area contributed by atoms with Crippen molar-refractivity contribution in [2.75, 3.05) is 13.7 Å². The van der Waals surface area contributed by atoms with Gasteiger partial charge in [0, 0.05) is 11.5 Å². The van der Waals surface area contributed by atoms with E-state index in [-0.39, 0.29) is 40.7 Å². The number of aryl methyl sites for hydroxylation is 1. The number of fused-ring (bicyclic) bond motifs is 1. The van der Waals surface area contributed by atoms with E-state index in [9.17, 15) is 14.4 Å². The Balaban J connectivity index is 2.54. The lowest BCUT2D eigenvalue weighted by Crippen LogP contribution is -2.16. The van der Waals surface area contributed by atoms with Crippen molar-refractivity contribution in [1.82, 2.24) is 0 Å². The maximum atomic E-state index is 12.1. The number of halogens is 1. The number of esters is 1. The van der Waals surface area contributed by atoms with Gasteiger partial charge >= 0.3 is 11.6 Å². The van der Waals surface area contributed by atoms with Gasteiger partial charge in [0.2, 0.25) is 0 Å². The highest BCUT2D eigenvalue weighted by atomic mass is 35.5. The summed E-state index contributed by atoms with van der Waals surface area (Å²) in [6.45, 7) is 2.96. The van der Waals surface area contributed by atoms with Gasteiger partial charge in [-0.25, -0.2) is 4.79 Å². The van der Waals surface area contributed by atoms with Gasteiger partial charge in [-0.1, -0.05) is 11.6 Å². The van der Waals surface area contributed by atoms with Crippen LogP contribution >= 0.6 is 11.6 Å². The minimum Gasteiger partial charge on any atom is -0.484 e. The van der Waals surface area contributed by atoms with Crippen LogP contribution in [0.4, 0.5) is 0 Å². The number of benzene rings is 1. The van der Waals surface area contributed by atoms with Gasteiger partial charge in [-0.3, -0.25) is 9.59 Å². The first-order valence-electron chi connectivity index (χ1n) is 6.78. The van der Waals surface area contributed by atoms with Crippen LogP contribution in [0.5, 0.6) is 5.75 Å². The molecule has 1 heterocycles. The molecule has 0 aliphatic carbocycles. The van der Waals surface area contributed by atoms with E-state index in [1.807, 2.05) is 0 Å². The largest absolute Gasteiger partial charge is 0.484 e. The lowest BCUT2D eigenvalue weighted by Gasteiger charge is -2.10. The molecule has 2 rings (SSSR count). The molecule has 0 saturated carbocycles. The molecule has 0 N–H and O–H groups in total. The molecule has 0 fully saturated rings. The van der Waals surface area contributed by atoms with Crippen molar-refractivity contribution >= 4 is 34.3 Å². The number of hydrogen-bond donors (Lipinski definition) is 0. The van der Waals surface area contributed by atoms with E-state index in [1.54, 1.807) is 13.0 Å². The van der Waals surface area contributed by atoms with Crippen LogP contribution in [0, 0.1) is 6.92 Å². The smallest absolute Gasteiger partial charge is 0.340 e. The lowest BCUT2D eigenvalue weighted by molar-refractivity contribution is -0.139. The summed E-state index contributed by atoms with van der Waals surface area (Å²) in [4.78, 5) is 34.5. The minimum absolute atomic E-state index is 0.130. The Labute approximate surface area is 136 Å². The number of carbonyl (C=O) groups is 2. The zero-order valence-electron chi connectivity index (χ0n) is 12.9. The number of ketones is 1. The SMILES string of the molecule is COC(=O)Cc1c(C)c2cc(Cl)c(OCC(C)=O)cc2oc1=O. The highest BCUT2D eigenvalue weighted by molar-refractivity contribution is 6.32. The van der Waals surface area contributed by atoms with Crippen LogP contribution in [-0.4, -0.2) is 25.5 Å². The minimum atomic E-state index is -0.625. The van der Waals surface area contributed by atoms with E-state index in [1.165, 1.54) is 20.1 Å². The Bertz CT molecular complexity index is 837. The first-order valence-corrected chi connectivity index (χ1v) is 7.16. The molecule has 122 valence electrons. The highest BCUT2D eigenvalue weighted by Gasteiger charge is 2.17. The van der Waals surface area contributed by atoms with Gasteiger partial charge in [-0.15, -0.1) is 0 Å². The third-order valence-electron chi connectivity index (χ3n) is 3.32. The van der Waals surface area contributed by atoms with Gasteiger partial charge in [0.15, 0.2) is 5.78 Å². The van der Waals surface area contributed by atoms with E-state index < -0.39 is 11.6 Å². The molecule has 0 radical (unpaired) electrons. The molecule has 6 nitrogen and oxygen atoms in total. The lowest BCUT2D eigenvalue weighted by atomic mass is 10.0. The second-order valence-electron chi connectivity index (χ2n) is 5.02. The van der Waals surface area contributed by atoms with Gasteiger partial charge in [-0.2, -0.15) is 0 Å². The zero-order valence-corrected chi connectivity index (χ0v) is 13.7. The van der Waals surface area contributed by atoms with Gasteiger partial charge < -0.3 is 13.9 Å². The maximum absolute atomic E-state index is 12.1. The number of hydrogen-bond acceptors (Lipinski definition) is 6. The number of carbonyl (C=O) groups excluding carboxylic acids is 2. The summed E-state index contributed by atoms with van der Waals surface area (Å²) >= 11 is 6.14. The molecular formula is C16H15ClO6. The summed E-state index contributed by atoms with van der Waals surface area (Å²) in [7, 11) is 1.25. The quantitative estimate of drug-likeness (QED) is 0.615. The third-order valence-corrected chi connectivity index (χ3v) is 3.61. The fourth-order valence-corrected chi connectivity index (χ4v) is 2.32. The van der Waals surface area contributed by atoms with Crippen LogP contribution in [0.25, 0.3) is 11.0 Å². The third kappa shape index (κ3) is 3.71. The molecule has 1 aromatic carbocycles. The standard InChI is InChI=1S/C16H15ClO6/c1-8(18)7-22-14-6-13-10(4-12(14)17)9(2)11(16(20)23-13)5-15(19)21-3/h4,6H,5,7H2,1-3H3. The summed E-state index contributed by atoms with van der Waals surface area (Å²) in [5.41, 5.74) is 0.448. The van der Waals surface area contributed by atoms with E-state index in [0.717, 1.165) is 0 Å². The number of methoxy groups -OCH3 is 1. The fourth-order valence-electron chi connectivity index (χ4n) is 2.10. The zero-order chi connectivity index (χ0) is 17.1. The Kier molecular flexibility index (Phi) is 5.05. The van der Waals surface area contributed by atoms with Crippen LogP contribution in [0.2, 0.25) is 5.02 Å². The fraction of sp³-hybridized carbons (Fsp3) is 0.312. The predicted molar refractivity (Wildman–Crippen MR) is 84.1 cm³/mol. The van der Waals surface area contributed by atoms with E-state index in [2.05, 4.69) is 4.74 Å². The Hall–Kier alpha value is -2.34. The van der Waals surface area contributed by atoms with E-state index in [4.69, 9.17) is 20.8 Å². The van der Waals surface area contributed by atoms with Crippen molar-refractivity contribution in [1.29, 1.82) is 0 Å². The average molecular weight is 339 g/mol. The molecule has 0 saturated heterocycles. The molecule has 7 heteroatoms. The van der Waals surface area contributed by atoms with Gasteiger partial charge in [-0.05, 0) is 25.5 Å². The summed E-state index contributed by atoms with van der Waals surface area (Å²) in [5.74, 6) is -0.447. The van der Waals surface area contributed by atoms with E-state index in [0.29, 0.717) is 10.9 Å². The first kappa shape index (κ1) is 17.0. The summed E-state index contributed by atoms with van der Waals surface area (Å²) in [5, 5.41) is 0.864. The molecule has 0 bridgehead atoms. The van der Waals surface area contributed by atoms with Crippen LogP contribution in [0.3, 0.4) is 0 Å². The van der Waals surface area contributed by atoms with Crippen molar-refractivity contribution in [2.24, 2.45) is 0 Å². The van der Waals surface area contributed by atoms with Gasteiger partial charge in [0.1, 0.15) is 17.9 Å². The Morgan fingerprint density at radius 1 is 1.30 bits per heavy atom. The number of Topliss-reactive ketones (excluding diaryl/α,β-unsaturated/α-hetero) is 1. The van der Waals surface area contributed by atoms with Crippen molar-refractivity contribution in [2.45, 2.75) is 20.3 Å².